The van der Waals surface area contributed by atoms with E-state index in [1.165, 1.54) is 0 Å². The lowest BCUT2D eigenvalue weighted by atomic mass is 9.99. The molecule has 0 aliphatic heterocycles. The van der Waals surface area contributed by atoms with Crippen molar-refractivity contribution in [3.63, 3.8) is 0 Å². The summed E-state index contributed by atoms with van der Waals surface area (Å²) >= 11 is 0. The van der Waals surface area contributed by atoms with Crippen LogP contribution in [0.3, 0.4) is 0 Å². The van der Waals surface area contributed by atoms with Crippen molar-refractivity contribution in [2.75, 3.05) is 5.73 Å². The summed E-state index contributed by atoms with van der Waals surface area (Å²) in [4.78, 5) is 4.87. The highest BCUT2D eigenvalue weighted by molar-refractivity contribution is 6.06. The number of hydrogen-bond acceptors (Lipinski definition) is 4. The van der Waals surface area contributed by atoms with Gasteiger partial charge in [-0.05, 0) is 59.3 Å². The lowest BCUT2D eigenvalue weighted by molar-refractivity contribution is 0.483. The van der Waals surface area contributed by atoms with Crippen molar-refractivity contribution in [2.45, 2.75) is 0 Å². The summed E-state index contributed by atoms with van der Waals surface area (Å²) in [7, 11) is 0. The number of pyridine rings is 1. The van der Waals surface area contributed by atoms with E-state index < -0.39 is 0 Å². The molecule has 33 heavy (non-hydrogen) atoms. The maximum absolute atomic E-state index is 8.07. The van der Waals surface area contributed by atoms with Crippen molar-refractivity contribution in [1.82, 2.24) is 4.98 Å². The van der Waals surface area contributed by atoms with Gasteiger partial charge >= 0.3 is 0 Å². The van der Waals surface area contributed by atoms with Crippen LogP contribution in [0.2, 0.25) is 0 Å². The van der Waals surface area contributed by atoms with E-state index in [4.69, 9.17) is 26.6 Å². The van der Waals surface area contributed by atoms with Gasteiger partial charge in [0.2, 0.25) is 0 Å². The minimum absolute atomic E-state index is 0.121. The van der Waals surface area contributed by atoms with Crippen molar-refractivity contribution in [1.29, 1.82) is 5.41 Å². The van der Waals surface area contributed by atoms with Crippen LogP contribution in [-0.4, -0.2) is 10.8 Å². The fraction of sp³-hybridized carbons (Fsp3) is 0. The quantitative estimate of drug-likeness (QED) is 0.227. The van der Waals surface area contributed by atoms with E-state index in [1.54, 1.807) is 6.07 Å². The molecule has 0 radical (unpaired) electrons. The molecule has 0 unspecified atom stereocenters. The third-order valence-corrected chi connectivity index (χ3v) is 5.47. The van der Waals surface area contributed by atoms with Gasteiger partial charge in [-0.3, -0.25) is 5.41 Å². The number of fused-ring (bicyclic) bond motifs is 1. The number of amidine groups is 1. The number of nitrogens with zero attached hydrogens (tertiary/aromatic N) is 1. The van der Waals surface area contributed by atoms with Crippen LogP contribution in [0.5, 0.6) is 11.5 Å². The highest BCUT2D eigenvalue weighted by Crippen LogP contribution is 2.33. The van der Waals surface area contributed by atoms with Gasteiger partial charge in [0.05, 0.1) is 17.0 Å². The molecular formula is C28H22N4O. The van der Waals surface area contributed by atoms with E-state index in [-0.39, 0.29) is 5.84 Å². The Kier molecular flexibility index (Phi) is 5.21. The number of rotatable bonds is 5. The number of benzene rings is 4. The molecule has 5 N–H and O–H groups in total. The summed E-state index contributed by atoms with van der Waals surface area (Å²) < 4.78 is 5.89. The molecule has 5 nitrogen and oxygen atoms in total. The number of para-hydroxylation sites is 1. The minimum Gasteiger partial charge on any atom is -0.457 e. The van der Waals surface area contributed by atoms with Crippen LogP contribution in [0.15, 0.2) is 103 Å². The van der Waals surface area contributed by atoms with Gasteiger partial charge in [-0.25, -0.2) is 4.98 Å². The Morgan fingerprint density at radius 2 is 1.33 bits per heavy atom. The van der Waals surface area contributed by atoms with Crippen LogP contribution in [0.25, 0.3) is 33.3 Å². The molecule has 0 aliphatic rings. The van der Waals surface area contributed by atoms with Gasteiger partial charge in [0.25, 0.3) is 0 Å². The van der Waals surface area contributed by atoms with Crippen LogP contribution in [0.1, 0.15) is 5.56 Å². The standard InChI is InChI=1S/C28H22N4O/c29-24-17-25(21-11-10-18-6-4-5-7-20(18)16-21)32-27(26(24)28(30)31)19-12-14-23(15-13-19)33-22-8-2-1-3-9-22/h1-17H,(H2,29,32)(H3,30,31). The summed E-state index contributed by atoms with van der Waals surface area (Å²) in [6.45, 7) is 0. The Balaban J connectivity index is 1.57. The van der Waals surface area contributed by atoms with Gasteiger partial charge in [-0.15, -0.1) is 0 Å². The Morgan fingerprint density at radius 1 is 0.697 bits per heavy atom. The lowest BCUT2D eigenvalue weighted by Crippen LogP contribution is -2.16. The van der Waals surface area contributed by atoms with E-state index in [0.29, 0.717) is 22.7 Å². The summed E-state index contributed by atoms with van der Waals surface area (Å²) in [5.74, 6) is 1.34. The molecule has 1 aromatic heterocycles. The number of nitrogens with two attached hydrogens (primary N) is 2. The molecule has 0 bridgehead atoms. The van der Waals surface area contributed by atoms with E-state index in [0.717, 1.165) is 33.3 Å². The molecular weight excluding hydrogens is 408 g/mol. The number of anilines is 1. The van der Waals surface area contributed by atoms with Gasteiger partial charge in [0.15, 0.2) is 0 Å². The van der Waals surface area contributed by atoms with E-state index in [9.17, 15) is 0 Å². The molecule has 0 atom stereocenters. The summed E-state index contributed by atoms with van der Waals surface area (Å²) in [6.07, 6.45) is 0. The molecule has 0 saturated carbocycles. The molecule has 0 saturated heterocycles. The second-order valence-electron chi connectivity index (χ2n) is 7.74. The Morgan fingerprint density at radius 3 is 2.06 bits per heavy atom. The monoisotopic (exact) mass is 430 g/mol. The van der Waals surface area contributed by atoms with E-state index >= 15 is 0 Å². The molecule has 0 aliphatic carbocycles. The summed E-state index contributed by atoms with van der Waals surface area (Å²) in [5.41, 5.74) is 16.1. The maximum atomic E-state index is 8.07. The predicted molar refractivity (Wildman–Crippen MR) is 135 cm³/mol. The molecule has 5 rings (SSSR count). The number of aromatic nitrogens is 1. The van der Waals surface area contributed by atoms with Gasteiger partial charge in [0, 0.05) is 16.8 Å². The predicted octanol–water partition coefficient (Wildman–Crippen LogP) is 6.23. The lowest BCUT2D eigenvalue weighted by Gasteiger charge is -2.14. The summed E-state index contributed by atoms with van der Waals surface area (Å²) in [6, 6.07) is 33.3. The van der Waals surface area contributed by atoms with Crippen molar-refractivity contribution in [3.8, 4) is 34.0 Å². The average Bonchev–Trinajstić information content (AvgIpc) is 2.84. The first kappa shape index (κ1) is 20.3. The zero-order valence-corrected chi connectivity index (χ0v) is 17.8. The largest absolute Gasteiger partial charge is 0.457 e. The highest BCUT2D eigenvalue weighted by Gasteiger charge is 2.16. The zero-order chi connectivity index (χ0) is 22.8. The van der Waals surface area contributed by atoms with Gasteiger partial charge in [-0.1, -0.05) is 54.6 Å². The van der Waals surface area contributed by atoms with Crippen LogP contribution in [-0.2, 0) is 0 Å². The van der Waals surface area contributed by atoms with Crippen molar-refractivity contribution < 1.29 is 4.74 Å². The smallest absolute Gasteiger partial charge is 0.127 e. The van der Waals surface area contributed by atoms with Gasteiger partial charge in [0.1, 0.15) is 17.3 Å². The fourth-order valence-corrected chi connectivity index (χ4v) is 3.86. The Labute approximate surface area is 191 Å². The van der Waals surface area contributed by atoms with Gasteiger partial charge < -0.3 is 16.2 Å². The molecule has 160 valence electrons. The average molecular weight is 431 g/mol. The van der Waals surface area contributed by atoms with Crippen LogP contribution in [0.4, 0.5) is 5.69 Å². The van der Waals surface area contributed by atoms with E-state index in [1.807, 2.05) is 72.8 Å². The minimum atomic E-state index is -0.121. The second-order valence-corrected chi connectivity index (χ2v) is 7.74. The molecule has 5 aromatic rings. The number of nitrogens with one attached hydrogen (secondary N) is 1. The van der Waals surface area contributed by atoms with Crippen LogP contribution >= 0.6 is 0 Å². The summed E-state index contributed by atoms with van der Waals surface area (Å²) in [5, 5.41) is 10.3. The first-order chi connectivity index (χ1) is 16.1. The third kappa shape index (κ3) is 4.12. The molecule has 1 heterocycles. The van der Waals surface area contributed by atoms with Gasteiger partial charge in [-0.2, -0.15) is 0 Å². The number of ether oxygens (including phenoxy) is 1. The fourth-order valence-electron chi connectivity index (χ4n) is 3.86. The highest BCUT2D eigenvalue weighted by atomic mass is 16.5. The molecule has 4 aromatic carbocycles. The van der Waals surface area contributed by atoms with Crippen LogP contribution < -0.4 is 16.2 Å². The first-order valence-corrected chi connectivity index (χ1v) is 10.6. The molecule has 0 amide bonds. The van der Waals surface area contributed by atoms with Crippen molar-refractivity contribution in [3.05, 3.63) is 109 Å². The number of nitrogen functional groups attached to an aromatic ring is 2. The van der Waals surface area contributed by atoms with Crippen LogP contribution in [0, 0.1) is 5.41 Å². The van der Waals surface area contributed by atoms with E-state index in [2.05, 4.69) is 24.3 Å². The first-order valence-electron chi connectivity index (χ1n) is 10.6. The second kappa shape index (κ2) is 8.48. The topological polar surface area (TPSA) is 98.0 Å². The Bertz CT molecular complexity index is 1460. The van der Waals surface area contributed by atoms with Crippen molar-refractivity contribution in [2.24, 2.45) is 5.73 Å². The third-order valence-electron chi connectivity index (χ3n) is 5.47. The molecule has 0 spiro atoms. The zero-order valence-electron chi connectivity index (χ0n) is 17.8. The SMILES string of the molecule is N=C(N)c1c(N)cc(-c2ccc3ccccc3c2)nc1-c1ccc(Oc2ccccc2)cc1. The number of hydrogen-bond donors (Lipinski definition) is 3. The normalized spacial score (nSPS) is 10.8. The van der Waals surface area contributed by atoms with Crippen molar-refractivity contribution >= 4 is 22.3 Å². The molecule has 0 fully saturated rings. The molecule has 5 heteroatoms. The Hall–Kier alpha value is -4.64. The maximum Gasteiger partial charge on any atom is 0.127 e.